The number of hydrogen-bond acceptors (Lipinski definition) is 3. The molecule has 6 heteroatoms. The van der Waals surface area contributed by atoms with E-state index in [-0.39, 0.29) is 23.9 Å². The lowest BCUT2D eigenvalue weighted by molar-refractivity contribution is -0.137. The van der Waals surface area contributed by atoms with Gasteiger partial charge in [-0.3, -0.25) is 9.59 Å². The Morgan fingerprint density at radius 3 is 2.67 bits per heavy atom. The van der Waals surface area contributed by atoms with Crippen molar-refractivity contribution in [3.05, 3.63) is 28.5 Å². The van der Waals surface area contributed by atoms with Crippen molar-refractivity contribution in [1.29, 1.82) is 0 Å². The molecule has 0 saturated carbocycles. The zero-order chi connectivity index (χ0) is 13.7. The molecule has 1 aromatic heterocycles. The lowest BCUT2D eigenvalue weighted by Crippen LogP contribution is -2.40. The van der Waals surface area contributed by atoms with Gasteiger partial charge in [-0.1, -0.05) is 13.8 Å². The Bertz CT molecular complexity index is 449. The second-order valence-corrected chi connectivity index (χ2v) is 5.11. The number of nitrogens with zero attached hydrogens (tertiary/aromatic N) is 1. The van der Waals surface area contributed by atoms with Crippen molar-refractivity contribution in [3.63, 3.8) is 0 Å². The number of hydrogen-bond donors (Lipinski definition) is 2. The Morgan fingerprint density at radius 2 is 2.17 bits per heavy atom. The van der Waals surface area contributed by atoms with Crippen LogP contribution >= 0.6 is 15.9 Å². The van der Waals surface area contributed by atoms with Gasteiger partial charge in [0.25, 0.3) is 5.91 Å². The molecule has 1 atom stereocenters. The molecule has 98 valence electrons. The van der Waals surface area contributed by atoms with Crippen molar-refractivity contribution in [2.45, 2.75) is 26.3 Å². The topological polar surface area (TPSA) is 79.3 Å². The number of nitrogens with one attached hydrogen (secondary N) is 1. The van der Waals surface area contributed by atoms with Crippen LogP contribution in [-0.2, 0) is 4.79 Å². The average molecular weight is 315 g/mol. The summed E-state index contributed by atoms with van der Waals surface area (Å²) in [5, 5.41) is 11.5. The van der Waals surface area contributed by atoms with Gasteiger partial charge in [-0.15, -0.1) is 0 Å². The minimum Gasteiger partial charge on any atom is -0.481 e. The Hall–Kier alpha value is -1.43. The summed E-state index contributed by atoms with van der Waals surface area (Å²) >= 11 is 3.24. The number of carbonyl (C=O) groups excluding carboxylic acids is 1. The summed E-state index contributed by atoms with van der Waals surface area (Å²) in [6.07, 6.45) is 1.41. The summed E-state index contributed by atoms with van der Waals surface area (Å²) in [5.74, 6) is -1.27. The van der Waals surface area contributed by atoms with Crippen LogP contribution in [0.25, 0.3) is 0 Å². The molecule has 1 amide bonds. The predicted molar refractivity (Wildman–Crippen MR) is 70.3 cm³/mol. The number of aromatic nitrogens is 1. The van der Waals surface area contributed by atoms with Crippen LogP contribution in [0.3, 0.4) is 0 Å². The maximum Gasteiger partial charge on any atom is 0.305 e. The molecule has 0 aliphatic heterocycles. The van der Waals surface area contributed by atoms with E-state index in [0.29, 0.717) is 4.47 Å². The Kier molecular flexibility index (Phi) is 5.27. The van der Waals surface area contributed by atoms with E-state index in [4.69, 9.17) is 5.11 Å². The average Bonchev–Trinajstić information content (AvgIpc) is 2.27. The van der Waals surface area contributed by atoms with Crippen LogP contribution in [0.4, 0.5) is 0 Å². The summed E-state index contributed by atoms with van der Waals surface area (Å²) in [7, 11) is 0. The summed E-state index contributed by atoms with van der Waals surface area (Å²) < 4.78 is 0.584. The zero-order valence-corrected chi connectivity index (χ0v) is 11.8. The van der Waals surface area contributed by atoms with Crippen LogP contribution in [0.1, 0.15) is 30.8 Å². The predicted octanol–water partition coefficient (Wildman–Crippen LogP) is 2.07. The van der Waals surface area contributed by atoms with Gasteiger partial charge in [0, 0.05) is 16.7 Å². The van der Waals surface area contributed by atoms with Crippen molar-refractivity contribution < 1.29 is 14.7 Å². The summed E-state index contributed by atoms with van der Waals surface area (Å²) in [6, 6.07) is 3.01. The molecule has 0 fully saturated rings. The molecule has 0 aromatic carbocycles. The van der Waals surface area contributed by atoms with E-state index in [1.54, 1.807) is 12.1 Å². The third-order valence-corrected chi connectivity index (χ3v) is 3.13. The molecular weight excluding hydrogens is 300 g/mol. The molecule has 0 bridgehead atoms. The fourth-order valence-electron chi connectivity index (χ4n) is 1.43. The lowest BCUT2D eigenvalue weighted by atomic mass is 10.0. The number of carbonyl (C=O) groups is 2. The van der Waals surface area contributed by atoms with Gasteiger partial charge in [0.15, 0.2) is 0 Å². The van der Waals surface area contributed by atoms with Gasteiger partial charge in [-0.05, 0) is 34.0 Å². The van der Waals surface area contributed by atoms with Crippen LogP contribution in [-0.4, -0.2) is 28.0 Å². The molecular formula is C12H15BrN2O3. The molecule has 1 unspecified atom stereocenters. The van der Waals surface area contributed by atoms with E-state index < -0.39 is 12.0 Å². The van der Waals surface area contributed by atoms with E-state index >= 15 is 0 Å². The maximum atomic E-state index is 12.0. The molecule has 2 N–H and O–H groups in total. The van der Waals surface area contributed by atoms with Crippen molar-refractivity contribution in [1.82, 2.24) is 10.3 Å². The van der Waals surface area contributed by atoms with E-state index in [1.165, 1.54) is 6.20 Å². The van der Waals surface area contributed by atoms with Gasteiger partial charge in [-0.25, -0.2) is 4.98 Å². The SMILES string of the molecule is CC(C)C(CC(=O)O)NC(=O)c1ncccc1Br. The molecule has 1 rings (SSSR count). The van der Waals surface area contributed by atoms with Crippen LogP contribution in [0, 0.1) is 5.92 Å². The molecule has 0 aliphatic rings. The maximum absolute atomic E-state index is 12.0. The molecule has 1 aromatic rings. The molecule has 1 heterocycles. The summed E-state index contributed by atoms with van der Waals surface area (Å²) in [4.78, 5) is 26.7. The van der Waals surface area contributed by atoms with Crippen molar-refractivity contribution in [2.75, 3.05) is 0 Å². The second kappa shape index (κ2) is 6.49. The highest BCUT2D eigenvalue weighted by atomic mass is 79.9. The molecule has 0 aliphatic carbocycles. The zero-order valence-electron chi connectivity index (χ0n) is 10.2. The molecule has 0 radical (unpaired) electrons. The quantitative estimate of drug-likeness (QED) is 0.872. The normalized spacial score (nSPS) is 12.2. The Balaban J connectivity index is 2.79. The fraction of sp³-hybridized carbons (Fsp3) is 0.417. The first kappa shape index (κ1) is 14.6. The third kappa shape index (κ3) is 4.10. The van der Waals surface area contributed by atoms with Gasteiger partial charge in [0.2, 0.25) is 0 Å². The first-order valence-electron chi connectivity index (χ1n) is 5.55. The summed E-state index contributed by atoms with van der Waals surface area (Å²) in [5.41, 5.74) is 0.258. The van der Waals surface area contributed by atoms with Crippen LogP contribution in [0.15, 0.2) is 22.8 Å². The monoisotopic (exact) mass is 314 g/mol. The van der Waals surface area contributed by atoms with Crippen LogP contribution < -0.4 is 5.32 Å². The number of pyridine rings is 1. The molecule has 5 nitrogen and oxygen atoms in total. The van der Waals surface area contributed by atoms with Gasteiger partial charge < -0.3 is 10.4 Å². The lowest BCUT2D eigenvalue weighted by Gasteiger charge is -2.20. The van der Waals surface area contributed by atoms with Gasteiger partial charge in [0.1, 0.15) is 5.69 Å². The third-order valence-electron chi connectivity index (χ3n) is 2.49. The van der Waals surface area contributed by atoms with Gasteiger partial charge in [0.05, 0.1) is 6.42 Å². The highest BCUT2D eigenvalue weighted by Crippen LogP contribution is 2.14. The Morgan fingerprint density at radius 1 is 1.50 bits per heavy atom. The van der Waals surface area contributed by atoms with Crippen molar-refractivity contribution in [2.24, 2.45) is 5.92 Å². The fourth-order valence-corrected chi connectivity index (χ4v) is 1.87. The first-order chi connectivity index (χ1) is 8.41. The van der Waals surface area contributed by atoms with Crippen LogP contribution in [0.2, 0.25) is 0 Å². The van der Waals surface area contributed by atoms with E-state index in [9.17, 15) is 9.59 Å². The van der Waals surface area contributed by atoms with E-state index in [2.05, 4.69) is 26.2 Å². The number of aliphatic carboxylic acids is 1. The molecule has 0 spiro atoms. The Labute approximate surface area is 114 Å². The summed E-state index contributed by atoms with van der Waals surface area (Å²) in [6.45, 7) is 3.72. The molecule has 0 saturated heterocycles. The van der Waals surface area contributed by atoms with E-state index in [1.807, 2.05) is 13.8 Å². The van der Waals surface area contributed by atoms with Crippen LogP contribution in [0.5, 0.6) is 0 Å². The smallest absolute Gasteiger partial charge is 0.305 e. The first-order valence-corrected chi connectivity index (χ1v) is 6.34. The van der Waals surface area contributed by atoms with Crippen molar-refractivity contribution in [3.8, 4) is 0 Å². The number of amides is 1. The highest BCUT2D eigenvalue weighted by molar-refractivity contribution is 9.10. The number of carboxylic acids is 1. The second-order valence-electron chi connectivity index (χ2n) is 4.26. The largest absolute Gasteiger partial charge is 0.481 e. The van der Waals surface area contributed by atoms with E-state index in [0.717, 1.165) is 0 Å². The van der Waals surface area contributed by atoms with Gasteiger partial charge >= 0.3 is 5.97 Å². The number of halogens is 1. The standard InChI is InChI=1S/C12H15BrN2O3/c1-7(2)9(6-10(16)17)15-12(18)11-8(13)4-3-5-14-11/h3-5,7,9H,6H2,1-2H3,(H,15,18)(H,16,17). The van der Waals surface area contributed by atoms with Crippen molar-refractivity contribution >= 4 is 27.8 Å². The molecule has 18 heavy (non-hydrogen) atoms. The number of rotatable bonds is 5. The highest BCUT2D eigenvalue weighted by Gasteiger charge is 2.21. The number of carboxylic acid groups (broad SMARTS) is 1. The van der Waals surface area contributed by atoms with Gasteiger partial charge in [-0.2, -0.15) is 0 Å². The minimum absolute atomic E-state index is 0.0348. The minimum atomic E-state index is -0.936.